The van der Waals surface area contributed by atoms with Crippen LogP contribution in [-0.2, 0) is 16.8 Å². The Bertz CT molecular complexity index is 928. The average molecular weight is 393 g/mol. The fourth-order valence-electron chi connectivity index (χ4n) is 2.83. The van der Waals surface area contributed by atoms with Gasteiger partial charge in [0, 0.05) is 5.56 Å². The van der Waals surface area contributed by atoms with E-state index in [2.05, 4.69) is 36.2 Å². The predicted octanol–water partition coefficient (Wildman–Crippen LogP) is 4.51. The zero-order valence-electron chi connectivity index (χ0n) is 17.3. The van der Waals surface area contributed by atoms with Gasteiger partial charge in [-0.05, 0) is 29.5 Å². The third-order valence-electron chi connectivity index (χ3n) is 4.58. The standard InChI is InChI=1S/C23H27N3O3/c1-5-19(28-18-13-11-17(12-14-18)23(2,3)4)22(27)24-15-20-25-21(26-29-20)16-9-7-6-8-10-16/h6-14,19H,5,15H2,1-4H3,(H,24,27)/t19-/m0/s1. The summed E-state index contributed by atoms with van der Waals surface area (Å²) in [5.41, 5.74) is 2.15. The molecule has 1 atom stereocenters. The Morgan fingerprint density at radius 3 is 2.41 bits per heavy atom. The van der Waals surface area contributed by atoms with Gasteiger partial charge in [-0.15, -0.1) is 0 Å². The molecule has 0 aliphatic rings. The highest BCUT2D eigenvalue weighted by Gasteiger charge is 2.20. The number of amides is 1. The van der Waals surface area contributed by atoms with Crippen molar-refractivity contribution in [2.45, 2.75) is 52.2 Å². The number of aromatic nitrogens is 2. The number of ether oxygens (including phenoxy) is 1. The molecule has 0 saturated heterocycles. The molecule has 0 aliphatic heterocycles. The Balaban J connectivity index is 1.57. The number of carbonyl (C=O) groups is 1. The van der Waals surface area contributed by atoms with E-state index in [1.165, 1.54) is 5.56 Å². The van der Waals surface area contributed by atoms with E-state index in [0.29, 0.717) is 23.9 Å². The Hall–Kier alpha value is -3.15. The second-order valence-corrected chi connectivity index (χ2v) is 7.88. The molecular formula is C23H27N3O3. The highest BCUT2D eigenvalue weighted by molar-refractivity contribution is 5.81. The molecule has 29 heavy (non-hydrogen) atoms. The van der Waals surface area contributed by atoms with Gasteiger partial charge in [0.05, 0.1) is 6.54 Å². The van der Waals surface area contributed by atoms with Crippen LogP contribution in [-0.4, -0.2) is 22.2 Å². The van der Waals surface area contributed by atoms with Crippen LogP contribution in [0.2, 0.25) is 0 Å². The summed E-state index contributed by atoms with van der Waals surface area (Å²) >= 11 is 0. The smallest absolute Gasteiger partial charge is 0.261 e. The molecule has 0 aliphatic carbocycles. The van der Waals surface area contributed by atoms with E-state index in [1.54, 1.807) is 0 Å². The van der Waals surface area contributed by atoms with E-state index in [1.807, 2.05) is 61.5 Å². The van der Waals surface area contributed by atoms with Gasteiger partial charge in [0.25, 0.3) is 5.91 Å². The summed E-state index contributed by atoms with van der Waals surface area (Å²) in [7, 11) is 0. The number of nitrogens with zero attached hydrogens (tertiary/aromatic N) is 2. The zero-order valence-corrected chi connectivity index (χ0v) is 17.3. The molecule has 152 valence electrons. The van der Waals surface area contributed by atoms with Crippen molar-refractivity contribution in [2.75, 3.05) is 0 Å². The van der Waals surface area contributed by atoms with Crippen molar-refractivity contribution < 1.29 is 14.1 Å². The number of hydrogen-bond donors (Lipinski definition) is 1. The van der Waals surface area contributed by atoms with E-state index in [-0.39, 0.29) is 17.9 Å². The minimum absolute atomic E-state index is 0.0722. The highest BCUT2D eigenvalue weighted by Crippen LogP contribution is 2.25. The van der Waals surface area contributed by atoms with Gasteiger partial charge >= 0.3 is 0 Å². The van der Waals surface area contributed by atoms with Crippen molar-refractivity contribution in [1.29, 1.82) is 0 Å². The molecule has 3 aromatic rings. The van der Waals surface area contributed by atoms with Crippen LogP contribution < -0.4 is 10.1 Å². The van der Waals surface area contributed by atoms with Crippen molar-refractivity contribution in [2.24, 2.45) is 0 Å². The molecule has 0 spiro atoms. The molecule has 1 heterocycles. The lowest BCUT2D eigenvalue weighted by Gasteiger charge is -2.20. The van der Waals surface area contributed by atoms with Crippen LogP contribution in [0.15, 0.2) is 59.1 Å². The molecule has 0 saturated carbocycles. The van der Waals surface area contributed by atoms with Gasteiger partial charge < -0.3 is 14.6 Å². The molecule has 1 amide bonds. The molecule has 6 nitrogen and oxygen atoms in total. The van der Waals surface area contributed by atoms with Crippen LogP contribution in [0.5, 0.6) is 5.75 Å². The third-order valence-corrected chi connectivity index (χ3v) is 4.58. The Labute approximate surface area is 171 Å². The number of hydrogen-bond acceptors (Lipinski definition) is 5. The molecule has 6 heteroatoms. The van der Waals surface area contributed by atoms with Gasteiger partial charge in [0.2, 0.25) is 11.7 Å². The molecule has 0 unspecified atom stereocenters. The first-order valence-corrected chi connectivity index (χ1v) is 9.79. The van der Waals surface area contributed by atoms with Crippen molar-refractivity contribution in [3.63, 3.8) is 0 Å². The monoisotopic (exact) mass is 393 g/mol. The average Bonchev–Trinajstić information content (AvgIpc) is 3.19. The van der Waals surface area contributed by atoms with E-state index >= 15 is 0 Å². The third kappa shape index (κ3) is 5.44. The molecule has 3 rings (SSSR count). The maximum atomic E-state index is 12.5. The molecule has 0 fully saturated rings. The summed E-state index contributed by atoms with van der Waals surface area (Å²) in [5.74, 6) is 1.30. The number of nitrogens with one attached hydrogen (secondary N) is 1. The van der Waals surface area contributed by atoms with Crippen molar-refractivity contribution in [1.82, 2.24) is 15.5 Å². The first-order valence-electron chi connectivity index (χ1n) is 9.79. The summed E-state index contributed by atoms with van der Waals surface area (Å²) in [6.07, 6.45) is -0.0432. The van der Waals surface area contributed by atoms with Crippen molar-refractivity contribution in [3.05, 3.63) is 66.1 Å². The second-order valence-electron chi connectivity index (χ2n) is 7.88. The van der Waals surface area contributed by atoms with Crippen LogP contribution >= 0.6 is 0 Å². The van der Waals surface area contributed by atoms with Crippen LogP contribution in [0.1, 0.15) is 45.6 Å². The van der Waals surface area contributed by atoms with Crippen LogP contribution in [0.4, 0.5) is 0 Å². The van der Waals surface area contributed by atoms with Gasteiger partial charge in [-0.2, -0.15) is 4.98 Å². The lowest BCUT2D eigenvalue weighted by atomic mass is 9.87. The lowest BCUT2D eigenvalue weighted by Crippen LogP contribution is -2.37. The van der Waals surface area contributed by atoms with Crippen molar-refractivity contribution in [3.8, 4) is 17.1 Å². The Morgan fingerprint density at radius 1 is 1.10 bits per heavy atom. The van der Waals surface area contributed by atoms with Crippen molar-refractivity contribution >= 4 is 5.91 Å². The second kappa shape index (κ2) is 8.90. The number of benzene rings is 2. The predicted molar refractivity (Wildman–Crippen MR) is 111 cm³/mol. The fraction of sp³-hybridized carbons (Fsp3) is 0.348. The molecule has 1 aromatic heterocycles. The minimum atomic E-state index is -0.591. The summed E-state index contributed by atoms with van der Waals surface area (Å²) in [5, 5.41) is 6.77. The summed E-state index contributed by atoms with van der Waals surface area (Å²) < 4.78 is 11.1. The summed E-state index contributed by atoms with van der Waals surface area (Å²) in [6, 6.07) is 17.4. The highest BCUT2D eigenvalue weighted by atomic mass is 16.5. The van der Waals surface area contributed by atoms with Gasteiger partial charge in [-0.3, -0.25) is 4.79 Å². The summed E-state index contributed by atoms with van der Waals surface area (Å²) in [6.45, 7) is 8.54. The van der Waals surface area contributed by atoms with E-state index in [9.17, 15) is 4.79 Å². The van der Waals surface area contributed by atoms with Gasteiger partial charge in [-0.1, -0.05) is 75.3 Å². The fourth-order valence-corrected chi connectivity index (χ4v) is 2.83. The maximum absolute atomic E-state index is 12.5. The quantitative estimate of drug-likeness (QED) is 0.639. The molecule has 2 aromatic carbocycles. The van der Waals surface area contributed by atoms with Gasteiger partial charge in [-0.25, -0.2) is 0 Å². The van der Waals surface area contributed by atoms with E-state index in [4.69, 9.17) is 9.26 Å². The lowest BCUT2D eigenvalue weighted by molar-refractivity contribution is -0.128. The topological polar surface area (TPSA) is 77.2 Å². The molecule has 0 bridgehead atoms. The molecular weight excluding hydrogens is 366 g/mol. The SMILES string of the molecule is CC[C@H](Oc1ccc(C(C)(C)C)cc1)C(=O)NCc1nc(-c2ccccc2)no1. The normalized spacial score (nSPS) is 12.4. The molecule has 1 N–H and O–H groups in total. The van der Waals surface area contributed by atoms with Crippen LogP contribution in [0.3, 0.4) is 0 Å². The number of carbonyl (C=O) groups excluding carboxylic acids is 1. The summed E-state index contributed by atoms with van der Waals surface area (Å²) in [4.78, 5) is 16.8. The maximum Gasteiger partial charge on any atom is 0.261 e. The largest absolute Gasteiger partial charge is 0.481 e. The van der Waals surface area contributed by atoms with E-state index < -0.39 is 6.10 Å². The van der Waals surface area contributed by atoms with E-state index in [0.717, 1.165) is 5.56 Å². The van der Waals surface area contributed by atoms with Crippen LogP contribution in [0, 0.1) is 0 Å². The Kier molecular flexibility index (Phi) is 6.32. The first-order chi connectivity index (χ1) is 13.9. The Morgan fingerprint density at radius 2 is 1.79 bits per heavy atom. The first kappa shape index (κ1) is 20.6. The minimum Gasteiger partial charge on any atom is -0.481 e. The van der Waals surface area contributed by atoms with Gasteiger partial charge in [0.1, 0.15) is 5.75 Å². The molecule has 0 radical (unpaired) electrons. The van der Waals surface area contributed by atoms with Gasteiger partial charge in [0.15, 0.2) is 6.10 Å². The number of rotatable bonds is 7. The zero-order chi connectivity index (χ0) is 20.9. The van der Waals surface area contributed by atoms with Crippen LogP contribution in [0.25, 0.3) is 11.4 Å².